The molecule has 2 amide bonds. The van der Waals surface area contributed by atoms with E-state index in [4.69, 9.17) is 14.3 Å². The van der Waals surface area contributed by atoms with Gasteiger partial charge in [0, 0.05) is 0 Å². The monoisotopic (exact) mass is 520 g/mol. The third kappa shape index (κ3) is 4.30. The first kappa shape index (κ1) is 24.4. The zero-order chi connectivity index (χ0) is 26.9. The van der Waals surface area contributed by atoms with E-state index in [2.05, 4.69) is 0 Å². The van der Waals surface area contributed by atoms with Gasteiger partial charge in [-0.15, -0.1) is 0 Å². The fourth-order valence-electron chi connectivity index (χ4n) is 5.08. The summed E-state index contributed by atoms with van der Waals surface area (Å²) in [5.74, 6) is -1.33. The SMILES string of the molecule is COc1ccccc1N1C(=O)C2ON(c3ccccc3)C(c3ccc(OC(=O)c4ccccc4)cc3)C2C1=O. The number of rotatable bonds is 6. The lowest BCUT2D eigenvalue weighted by Gasteiger charge is -2.29. The Morgan fingerprint density at radius 1 is 0.769 bits per heavy atom. The van der Waals surface area contributed by atoms with Crippen LogP contribution in [-0.4, -0.2) is 31.0 Å². The molecule has 2 heterocycles. The topological polar surface area (TPSA) is 85.4 Å². The molecule has 3 unspecified atom stereocenters. The Kier molecular flexibility index (Phi) is 6.30. The Labute approximate surface area is 224 Å². The van der Waals surface area contributed by atoms with E-state index in [1.54, 1.807) is 77.9 Å². The van der Waals surface area contributed by atoms with E-state index in [0.717, 1.165) is 10.5 Å². The van der Waals surface area contributed by atoms with Gasteiger partial charge < -0.3 is 9.47 Å². The van der Waals surface area contributed by atoms with E-state index >= 15 is 0 Å². The Morgan fingerprint density at radius 2 is 1.41 bits per heavy atom. The second-order valence-corrected chi connectivity index (χ2v) is 9.17. The summed E-state index contributed by atoms with van der Waals surface area (Å²) in [6.45, 7) is 0. The van der Waals surface area contributed by atoms with Crippen molar-refractivity contribution < 1.29 is 28.7 Å². The van der Waals surface area contributed by atoms with Crippen molar-refractivity contribution in [2.75, 3.05) is 17.1 Å². The van der Waals surface area contributed by atoms with Crippen LogP contribution >= 0.6 is 0 Å². The number of fused-ring (bicyclic) bond motifs is 1. The molecule has 0 N–H and O–H groups in total. The summed E-state index contributed by atoms with van der Waals surface area (Å²) in [4.78, 5) is 47.3. The van der Waals surface area contributed by atoms with Gasteiger partial charge in [0.2, 0.25) is 5.91 Å². The highest BCUT2D eigenvalue weighted by Gasteiger charge is 2.60. The Morgan fingerprint density at radius 3 is 2.10 bits per heavy atom. The molecular weight excluding hydrogens is 496 g/mol. The number of carbonyl (C=O) groups excluding carboxylic acids is 3. The maximum atomic E-state index is 13.9. The molecule has 0 aliphatic carbocycles. The smallest absolute Gasteiger partial charge is 0.343 e. The second kappa shape index (κ2) is 10.1. The van der Waals surface area contributed by atoms with E-state index in [1.165, 1.54) is 7.11 Å². The number of nitrogens with zero attached hydrogens (tertiary/aromatic N) is 2. The predicted octanol–water partition coefficient (Wildman–Crippen LogP) is 4.97. The van der Waals surface area contributed by atoms with Crippen LogP contribution in [0, 0.1) is 5.92 Å². The van der Waals surface area contributed by atoms with Crippen LogP contribution in [0.2, 0.25) is 0 Å². The molecule has 2 aliphatic heterocycles. The maximum Gasteiger partial charge on any atom is 0.343 e. The molecular formula is C31H24N2O6. The van der Waals surface area contributed by atoms with Gasteiger partial charge in [-0.25, -0.2) is 14.8 Å². The number of ether oxygens (including phenoxy) is 2. The van der Waals surface area contributed by atoms with Crippen molar-refractivity contribution in [1.82, 2.24) is 0 Å². The van der Waals surface area contributed by atoms with Gasteiger partial charge >= 0.3 is 5.97 Å². The molecule has 0 radical (unpaired) electrons. The molecule has 0 aromatic heterocycles. The highest BCUT2D eigenvalue weighted by molar-refractivity contribution is 6.24. The minimum atomic E-state index is -1.01. The molecule has 4 aromatic rings. The second-order valence-electron chi connectivity index (χ2n) is 9.17. The lowest BCUT2D eigenvalue weighted by molar-refractivity contribution is -0.126. The van der Waals surface area contributed by atoms with Crippen LogP contribution in [-0.2, 0) is 14.4 Å². The number of para-hydroxylation sites is 3. The van der Waals surface area contributed by atoms with Crippen molar-refractivity contribution in [2.24, 2.45) is 5.92 Å². The first-order valence-electron chi connectivity index (χ1n) is 12.5. The van der Waals surface area contributed by atoms with Crippen LogP contribution in [0.25, 0.3) is 0 Å². The molecule has 6 rings (SSSR count). The molecule has 0 bridgehead atoms. The highest BCUT2D eigenvalue weighted by atomic mass is 16.7. The lowest BCUT2D eigenvalue weighted by atomic mass is 9.90. The summed E-state index contributed by atoms with van der Waals surface area (Å²) in [7, 11) is 1.49. The van der Waals surface area contributed by atoms with Crippen LogP contribution in [0.1, 0.15) is 22.0 Å². The number of methoxy groups -OCH3 is 1. The number of hydrogen-bond donors (Lipinski definition) is 0. The lowest BCUT2D eigenvalue weighted by Crippen LogP contribution is -2.37. The Hall–Kier alpha value is -4.95. The molecule has 0 spiro atoms. The van der Waals surface area contributed by atoms with Gasteiger partial charge in [0.1, 0.15) is 17.4 Å². The molecule has 8 heteroatoms. The Bertz CT molecular complexity index is 1520. The third-order valence-corrected chi connectivity index (χ3v) is 6.89. The minimum Gasteiger partial charge on any atom is -0.495 e. The molecule has 3 atom stereocenters. The van der Waals surface area contributed by atoms with Gasteiger partial charge in [0.15, 0.2) is 6.10 Å². The van der Waals surface area contributed by atoms with Gasteiger partial charge in [0.05, 0.1) is 30.1 Å². The summed E-state index contributed by atoms with van der Waals surface area (Å²) in [5, 5.41) is 1.62. The molecule has 4 aromatic carbocycles. The highest BCUT2D eigenvalue weighted by Crippen LogP contribution is 2.48. The number of carbonyl (C=O) groups is 3. The minimum absolute atomic E-state index is 0.360. The van der Waals surface area contributed by atoms with Crippen molar-refractivity contribution in [3.63, 3.8) is 0 Å². The number of anilines is 2. The zero-order valence-electron chi connectivity index (χ0n) is 21.0. The Balaban J connectivity index is 1.34. The molecule has 2 fully saturated rings. The summed E-state index contributed by atoms with van der Waals surface area (Å²) >= 11 is 0. The van der Waals surface area contributed by atoms with Gasteiger partial charge in [-0.3, -0.25) is 14.4 Å². The predicted molar refractivity (Wildman–Crippen MR) is 143 cm³/mol. The van der Waals surface area contributed by atoms with E-state index in [9.17, 15) is 14.4 Å². The van der Waals surface area contributed by atoms with Crippen LogP contribution in [0.4, 0.5) is 11.4 Å². The zero-order valence-corrected chi connectivity index (χ0v) is 21.0. The molecule has 194 valence electrons. The van der Waals surface area contributed by atoms with Gasteiger partial charge in [-0.1, -0.05) is 60.7 Å². The number of esters is 1. The van der Waals surface area contributed by atoms with Crippen LogP contribution < -0.4 is 19.4 Å². The van der Waals surface area contributed by atoms with Gasteiger partial charge in [0.25, 0.3) is 5.91 Å². The third-order valence-electron chi connectivity index (χ3n) is 6.89. The normalized spacial score (nSPS) is 20.2. The van der Waals surface area contributed by atoms with Gasteiger partial charge in [-0.2, -0.15) is 0 Å². The van der Waals surface area contributed by atoms with E-state index < -0.39 is 29.9 Å². The van der Waals surface area contributed by atoms with Crippen molar-refractivity contribution in [2.45, 2.75) is 12.1 Å². The number of hydrogen-bond acceptors (Lipinski definition) is 7. The summed E-state index contributed by atoms with van der Waals surface area (Å²) in [6.07, 6.45) is -1.01. The van der Waals surface area contributed by atoms with Crippen molar-refractivity contribution >= 4 is 29.2 Å². The summed E-state index contributed by atoms with van der Waals surface area (Å²) in [5.41, 5.74) is 2.26. The quantitative estimate of drug-likeness (QED) is 0.202. The molecule has 39 heavy (non-hydrogen) atoms. The summed E-state index contributed by atoms with van der Waals surface area (Å²) < 4.78 is 10.9. The van der Waals surface area contributed by atoms with Crippen LogP contribution in [0.15, 0.2) is 109 Å². The fraction of sp³-hybridized carbons (Fsp3) is 0.129. The molecule has 2 aliphatic rings. The molecule has 0 saturated carbocycles. The standard InChI is InChI=1S/C31H24N2O6/c1-37-25-15-9-8-14-24(25)32-29(34)26-27(33(39-28(26)30(32)35)22-12-6-3-7-13-22)20-16-18-23(19-17-20)38-31(36)21-10-4-2-5-11-21/h2-19,26-28H,1H3. The maximum absolute atomic E-state index is 13.9. The number of imide groups is 1. The average Bonchev–Trinajstić information content (AvgIpc) is 3.49. The number of amides is 2. The van der Waals surface area contributed by atoms with E-state index in [1.807, 2.05) is 36.4 Å². The first-order valence-corrected chi connectivity index (χ1v) is 12.5. The fourth-order valence-corrected chi connectivity index (χ4v) is 5.08. The van der Waals surface area contributed by atoms with Crippen LogP contribution in [0.5, 0.6) is 11.5 Å². The average molecular weight is 521 g/mol. The molecule has 2 saturated heterocycles. The summed E-state index contributed by atoms with van der Waals surface area (Å²) in [6, 6.07) is 31.2. The van der Waals surface area contributed by atoms with Crippen molar-refractivity contribution in [3.8, 4) is 11.5 Å². The van der Waals surface area contributed by atoms with Crippen LogP contribution in [0.3, 0.4) is 0 Å². The number of hydroxylamine groups is 1. The van der Waals surface area contributed by atoms with E-state index in [0.29, 0.717) is 28.4 Å². The van der Waals surface area contributed by atoms with Crippen molar-refractivity contribution in [3.05, 3.63) is 120 Å². The molecule has 8 nitrogen and oxygen atoms in total. The van der Waals surface area contributed by atoms with Gasteiger partial charge in [-0.05, 0) is 54.1 Å². The largest absolute Gasteiger partial charge is 0.495 e. The number of benzene rings is 4. The van der Waals surface area contributed by atoms with Crippen molar-refractivity contribution in [1.29, 1.82) is 0 Å². The van der Waals surface area contributed by atoms with E-state index in [-0.39, 0.29) is 5.91 Å². The first-order chi connectivity index (χ1) is 19.1.